The van der Waals surface area contributed by atoms with Crippen LogP contribution >= 0.6 is 0 Å². The Labute approximate surface area is 290 Å². The van der Waals surface area contributed by atoms with Gasteiger partial charge in [-0.25, -0.2) is 0 Å². The molecule has 8 heteroatoms. The second-order valence-electron chi connectivity index (χ2n) is 13.2. The topological polar surface area (TPSA) is 90.1 Å². The minimum Gasteiger partial charge on any atom is -0.507 e. The van der Waals surface area contributed by atoms with Gasteiger partial charge in [-0.2, -0.15) is 0 Å². The molecular formula is C41H48N4O4. The van der Waals surface area contributed by atoms with Crippen LogP contribution in [0.3, 0.4) is 0 Å². The molecule has 0 radical (unpaired) electrons. The van der Waals surface area contributed by atoms with Gasteiger partial charge in [0.25, 0.3) is 0 Å². The Morgan fingerprint density at radius 3 is 1.45 bits per heavy atom. The van der Waals surface area contributed by atoms with Crippen LogP contribution in [-0.4, -0.2) is 71.8 Å². The van der Waals surface area contributed by atoms with Gasteiger partial charge in [0.1, 0.15) is 36.2 Å². The summed E-state index contributed by atoms with van der Waals surface area (Å²) in [6.45, 7) is 10.3. The minimum absolute atomic E-state index is 0.283. The number of ether oxygens (including phenoxy) is 2. The first-order chi connectivity index (χ1) is 23.9. The van der Waals surface area contributed by atoms with Gasteiger partial charge in [-0.05, 0) is 68.5 Å². The number of phenols is 2. The molecule has 6 bridgehead atoms. The van der Waals surface area contributed by atoms with E-state index in [4.69, 9.17) is 9.47 Å². The second kappa shape index (κ2) is 16.6. The van der Waals surface area contributed by atoms with Gasteiger partial charge in [-0.15, -0.1) is 0 Å². The average Bonchev–Trinajstić information content (AvgIpc) is 3.09. The first-order valence-electron chi connectivity index (χ1n) is 17.4. The van der Waals surface area contributed by atoms with Crippen molar-refractivity contribution in [3.05, 3.63) is 117 Å². The largest absolute Gasteiger partial charge is 0.507 e. The van der Waals surface area contributed by atoms with E-state index < -0.39 is 0 Å². The molecule has 2 atom stereocenters. The Kier molecular flexibility index (Phi) is 11.6. The highest BCUT2D eigenvalue weighted by Crippen LogP contribution is 2.30. The zero-order chi connectivity index (χ0) is 34.0. The van der Waals surface area contributed by atoms with E-state index in [1.165, 1.54) is 0 Å². The van der Waals surface area contributed by atoms with E-state index in [0.717, 1.165) is 88.4 Å². The first-order valence-corrected chi connectivity index (χ1v) is 17.4. The molecule has 0 fully saturated rings. The second-order valence-corrected chi connectivity index (χ2v) is 13.2. The molecule has 0 saturated heterocycles. The number of rotatable bonds is 0. The van der Waals surface area contributed by atoms with Gasteiger partial charge < -0.3 is 19.7 Å². The van der Waals surface area contributed by atoms with Crippen molar-refractivity contribution in [3.63, 3.8) is 0 Å². The number of hydrogen-bond acceptors (Lipinski definition) is 8. The lowest BCUT2D eigenvalue weighted by Gasteiger charge is -2.28. The van der Waals surface area contributed by atoms with Gasteiger partial charge in [-0.1, -0.05) is 48.5 Å². The van der Waals surface area contributed by atoms with Crippen LogP contribution in [0, 0.1) is 13.8 Å². The lowest BCUT2D eigenvalue weighted by molar-refractivity contribution is 0.203. The summed E-state index contributed by atoms with van der Waals surface area (Å²) in [6, 6.07) is 24.5. The van der Waals surface area contributed by atoms with Crippen molar-refractivity contribution in [2.24, 2.45) is 9.98 Å². The Morgan fingerprint density at radius 1 is 0.551 bits per heavy atom. The molecule has 0 amide bonds. The quantitative estimate of drug-likeness (QED) is 0.207. The van der Waals surface area contributed by atoms with Gasteiger partial charge >= 0.3 is 0 Å². The lowest BCUT2D eigenvalue weighted by atomic mass is 10.0. The molecule has 49 heavy (non-hydrogen) atoms. The number of aliphatic imine (C=N–C) groups is 2. The predicted molar refractivity (Wildman–Crippen MR) is 197 cm³/mol. The van der Waals surface area contributed by atoms with E-state index in [1.54, 1.807) is 12.4 Å². The molecule has 4 aromatic carbocycles. The molecule has 2 aliphatic rings. The smallest absolute Gasteiger partial charge is 0.128 e. The number of nitrogens with zero attached hydrogens (tertiary/aromatic N) is 4. The molecule has 2 aliphatic heterocycles. The van der Waals surface area contributed by atoms with Crippen LogP contribution in [0.5, 0.6) is 23.0 Å². The maximum atomic E-state index is 11.4. The Bertz CT molecular complexity index is 1660. The minimum atomic E-state index is 0.283. The molecule has 2 N–H and O–H groups in total. The van der Waals surface area contributed by atoms with Crippen LogP contribution in [0.25, 0.3) is 0 Å². The SMILES string of the molecule is Cc1cc2c(O)c(c1)CN1CCCN(Cc3ccccc3OCCOc3ccccc3C1)Cc1cc(C)cc(c1O)C=NCCCCN=C2. The molecule has 256 valence electrons. The van der Waals surface area contributed by atoms with Crippen molar-refractivity contribution in [1.29, 1.82) is 0 Å². The fourth-order valence-electron chi connectivity index (χ4n) is 6.70. The normalized spacial score (nSPS) is 19.3. The van der Waals surface area contributed by atoms with Crippen LogP contribution in [0.1, 0.15) is 63.8 Å². The third-order valence-corrected chi connectivity index (χ3v) is 9.08. The van der Waals surface area contributed by atoms with E-state index >= 15 is 0 Å². The van der Waals surface area contributed by atoms with Crippen molar-refractivity contribution < 1.29 is 19.7 Å². The number of fused-ring (bicyclic) bond motifs is 10. The Balaban J connectivity index is 1.39. The molecule has 0 aliphatic carbocycles. The molecule has 2 heterocycles. The van der Waals surface area contributed by atoms with E-state index in [1.807, 2.05) is 48.5 Å². The number of phenolic OH excluding ortho intramolecular Hbond substituents is 2. The van der Waals surface area contributed by atoms with E-state index in [0.29, 0.717) is 52.5 Å². The van der Waals surface area contributed by atoms with Gasteiger partial charge in [-0.3, -0.25) is 19.8 Å². The summed E-state index contributed by atoms with van der Waals surface area (Å²) >= 11 is 0. The summed E-state index contributed by atoms with van der Waals surface area (Å²) in [4.78, 5) is 14.1. The molecule has 4 aromatic rings. The van der Waals surface area contributed by atoms with Crippen LogP contribution in [0.4, 0.5) is 0 Å². The number of benzene rings is 4. The molecular weight excluding hydrogens is 612 g/mol. The van der Waals surface area contributed by atoms with Crippen LogP contribution in [0.2, 0.25) is 0 Å². The monoisotopic (exact) mass is 660 g/mol. The van der Waals surface area contributed by atoms with Gasteiger partial charge in [0.2, 0.25) is 0 Å². The zero-order valence-corrected chi connectivity index (χ0v) is 28.8. The highest BCUT2D eigenvalue weighted by Gasteiger charge is 2.19. The fourth-order valence-corrected chi connectivity index (χ4v) is 6.70. The summed E-state index contributed by atoms with van der Waals surface area (Å²) in [7, 11) is 0. The molecule has 2 unspecified atom stereocenters. The summed E-state index contributed by atoms with van der Waals surface area (Å²) < 4.78 is 12.6. The molecule has 6 rings (SSSR count). The van der Waals surface area contributed by atoms with E-state index in [2.05, 4.69) is 57.9 Å². The summed E-state index contributed by atoms with van der Waals surface area (Å²) in [5.41, 5.74) is 7.62. The lowest BCUT2D eigenvalue weighted by Crippen LogP contribution is -2.30. The average molecular weight is 661 g/mol. The summed E-state index contributed by atoms with van der Waals surface area (Å²) in [5, 5.41) is 22.9. The van der Waals surface area contributed by atoms with Crippen molar-refractivity contribution in [2.45, 2.75) is 59.3 Å². The third kappa shape index (κ3) is 9.28. The van der Waals surface area contributed by atoms with E-state index in [9.17, 15) is 10.2 Å². The van der Waals surface area contributed by atoms with Crippen LogP contribution < -0.4 is 9.47 Å². The standard InChI is InChI=1S/C41H48N4O4/c1-30-20-34-24-42-14-7-8-15-43-25-35-21-31(2)23-37(41(35)47)29-45-17-9-16-44(28-36(22-30)40(34)46)26-32-10-3-5-12-38(32)48-18-19-49-39-13-6-4-11-33(39)27-45/h3-6,10-13,20-25,46-47H,7-9,14-19,26-29H2,1-2H3. The summed E-state index contributed by atoms with van der Waals surface area (Å²) in [5.74, 6) is 2.25. The predicted octanol–water partition coefficient (Wildman–Crippen LogP) is 7.21. The maximum absolute atomic E-state index is 11.4. The van der Waals surface area contributed by atoms with Gasteiger partial charge in [0.15, 0.2) is 0 Å². The fraction of sp³-hybridized carbons (Fsp3) is 0.366. The number of hydrogen-bond donors (Lipinski definition) is 2. The van der Waals surface area contributed by atoms with Gasteiger partial charge in [0, 0.05) is 98.2 Å². The molecule has 0 aromatic heterocycles. The van der Waals surface area contributed by atoms with Crippen LogP contribution in [-0.2, 0) is 26.2 Å². The maximum Gasteiger partial charge on any atom is 0.128 e. The molecule has 8 nitrogen and oxygen atoms in total. The Hall–Kier alpha value is -4.66. The highest BCUT2D eigenvalue weighted by atomic mass is 16.5. The summed E-state index contributed by atoms with van der Waals surface area (Å²) in [6.07, 6.45) is 6.24. The number of para-hydroxylation sites is 2. The van der Waals surface area contributed by atoms with Crippen molar-refractivity contribution in [2.75, 3.05) is 39.4 Å². The molecule has 0 saturated carbocycles. The Morgan fingerprint density at radius 2 is 0.980 bits per heavy atom. The third-order valence-electron chi connectivity index (χ3n) is 9.08. The first kappa shape index (κ1) is 34.2. The van der Waals surface area contributed by atoms with Crippen molar-refractivity contribution in [1.82, 2.24) is 9.80 Å². The number of aromatic hydroxyl groups is 2. The number of aryl methyl sites for hydroxylation is 2. The van der Waals surface area contributed by atoms with Crippen molar-refractivity contribution >= 4 is 12.4 Å². The van der Waals surface area contributed by atoms with Gasteiger partial charge in [0.05, 0.1) is 0 Å². The van der Waals surface area contributed by atoms with E-state index in [-0.39, 0.29) is 11.5 Å². The van der Waals surface area contributed by atoms with Crippen molar-refractivity contribution in [3.8, 4) is 23.0 Å². The zero-order valence-electron chi connectivity index (χ0n) is 28.8. The molecule has 0 spiro atoms. The van der Waals surface area contributed by atoms with Crippen LogP contribution in [0.15, 0.2) is 82.8 Å². The highest BCUT2D eigenvalue weighted by molar-refractivity contribution is 5.85.